The molecule has 0 aliphatic carbocycles. The van der Waals surface area contributed by atoms with Crippen molar-refractivity contribution in [2.75, 3.05) is 6.61 Å². The van der Waals surface area contributed by atoms with Crippen LogP contribution in [-0.2, 0) is 4.74 Å². The molecule has 3 rings (SSSR count). The van der Waals surface area contributed by atoms with Crippen LogP contribution in [-0.4, -0.2) is 17.1 Å². The molecule has 0 unspecified atom stereocenters. The molecule has 3 aromatic rings. The molecule has 1 heterocycles. The number of fused-ring (bicyclic) bond motifs is 1. The molecule has 0 bridgehead atoms. The molecule has 0 saturated carbocycles. The first-order chi connectivity index (χ1) is 11.2. The second kappa shape index (κ2) is 5.98. The summed E-state index contributed by atoms with van der Waals surface area (Å²) in [6.45, 7) is 4.08. The SMILES string of the molecule is CCOC(=O)c1cc2c(C)cccc2n1-c1ccccc1C#N. The first kappa shape index (κ1) is 14.9. The second-order valence-electron chi connectivity index (χ2n) is 5.22. The molecule has 0 spiro atoms. The summed E-state index contributed by atoms with van der Waals surface area (Å²) in [6.07, 6.45) is 0. The highest BCUT2D eigenvalue weighted by Crippen LogP contribution is 2.28. The van der Waals surface area contributed by atoms with Gasteiger partial charge in [-0.3, -0.25) is 0 Å². The van der Waals surface area contributed by atoms with E-state index in [0.29, 0.717) is 23.6 Å². The summed E-state index contributed by atoms with van der Waals surface area (Å²) in [7, 11) is 0. The quantitative estimate of drug-likeness (QED) is 0.688. The smallest absolute Gasteiger partial charge is 0.355 e. The molecule has 114 valence electrons. The van der Waals surface area contributed by atoms with Gasteiger partial charge in [0.1, 0.15) is 11.8 Å². The van der Waals surface area contributed by atoms with E-state index in [1.807, 2.05) is 49.4 Å². The lowest BCUT2D eigenvalue weighted by Gasteiger charge is -2.11. The van der Waals surface area contributed by atoms with E-state index in [-0.39, 0.29) is 0 Å². The van der Waals surface area contributed by atoms with Crippen LogP contribution in [0.25, 0.3) is 16.6 Å². The van der Waals surface area contributed by atoms with Crippen molar-refractivity contribution in [2.24, 2.45) is 0 Å². The number of aryl methyl sites for hydroxylation is 1. The molecule has 0 saturated heterocycles. The van der Waals surface area contributed by atoms with E-state index in [9.17, 15) is 10.1 Å². The van der Waals surface area contributed by atoms with Crippen LogP contribution in [0.3, 0.4) is 0 Å². The third-order valence-electron chi connectivity index (χ3n) is 3.81. The van der Waals surface area contributed by atoms with Gasteiger partial charge in [-0.05, 0) is 43.7 Å². The van der Waals surface area contributed by atoms with Crippen LogP contribution in [0, 0.1) is 18.3 Å². The minimum absolute atomic E-state index is 0.305. The van der Waals surface area contributed by atoms with Crippen molar-refractivity contribution in [1.82, 2.24) is 4.57 Å². The maximum Gasteiger partial charge on any atom is 0.355 e. The van der Waals surface area contributed by atoms with Gasteiger partial charge in [-0.25, -0.2) is 4.79 Å². The highest BCUT2D eigenvalue weighted by molar-refractivity contribution is 5.98. The van der Waals surface area contributed by atoms with Crippen LogP contribution in [0.15, 0.2) is 48.5 Å². The van der Waals surface area contributed by atoms with E-state index in [1.165, 1.54) is 0 Å². The lowest BCUT2D eigenvalue weighted by atomic mass is 10.1. The predicted octanol–water partition coefficient (Wildman–Crippen LogP) is 3.99. The number of benzene rings is 2. The molecule has 2 aromatic carbocycles. The number of para-hydroxylation sites is 1. The van der Waals surface area contributed by atoms with Crippen LogP contribution in [0.5, 0.6) is 0 Å². The normalized spacial score (nSPS) is 10.5. The standard InChI is InChI=1S/C19H16N2O2/c1-3-23-19(22)18-11-15-13(2)7-6-10-17(15)21(18)16-9-5-4-8-14(16)12-20/h4-11H,3H2,1-2H3. The third kappa shape index (κ3) is 2.47. The molecule has 1 aromatic heterocycles. The van der Waals surface area contributed by atoms with Crippen molar-refractivity contribution in [1.29, 1.82) is 5.26 Å². The van der Waals surface area contributed by atoms with E-state index >= 15 is 0 Å². The number of hydrogen-bond acceptors (Lipinski definition) is 3. The van der Waals surface area contributed by atoms with Crippen LogP contribution >= 0.6 is 0 Å². The molecule has 0 aliphatic heterocycles. The van der Waals surface area contributed by atoms with Crippen LogP contribution < -0.4 is 0 Å². The molecule has 0 atom stereocenters. The Morgan fingerprint density at radius 1 is 1.22 bits per heavy atom. The van der Waals surface area contributed by atoms with E-state index < -0.39 is 5.97 Å². The van der Waals surface area contributed by atoms with E-state index in [2.05, 4.69) is 6.07 Å². The Labute approximate surface area is 134 Å². The number of rotatable bonds is 3. The lowest BCUT2D eigenvalue weighted by Crippen LogP contribution is -2.11. The number of carbonyl (C=O) groups is 1. The highest BCUT2D eigenvalue weighted by atomic mass is 16.5. The van der Waals surface area contributed by atoms with Crippen molar-refractivity contribution in [3.8, 4) is 11.8 Å². The monoisotopic (exact) mass is 304 g/mol. The summed E-state index contributed by atoms with van der Waals surface area (Å²) in [6, 6.07) is 17.1. The topological polar surface area (TPSA) is 55.0 Å². The van der Waals surface area contributed by atoms with Crippen LogP contribution in [0.4, 0.5) is 0 Å². The lowest BCUT2D eigenvalue weighted by molar-refractivity contribution is 0.0517. The zero-order chi connectivity index (χ0) is 16.4. The third-order valence-corrected chi connectivity index (χ3v) is 3.81. The Bertz CT molecular complexity index is 932. The number of nitrogens with zero attached hydrogens (tertiary/aromatic N) is 2. The van der Waals surface area contributed by atoms with Gasteiger partial charge >= 0.3 is 5.97 Å². The number of nitriles is 1. The van der Waals surface area contributed by atoms with Crippen molar-refractivity contribution < 1.29 is 9.53 Å². The summed E-state index contributed by atoms with van der Waals surface area (Å²) < 4.78 is 6.99. The predicted molar refractivity (Wildman–Crippen MR) is 88.7 cm³/mol. The number of ether oxygens (including phenoxy) is 1. The summed E-state index contributed by atoms with van der Waals surface area (Å²) in [5, 5.41) is 10.4. The van der Waals surface area contributed by atoms with Gasteiger partial charge in [-0.2, -0.15) is 5.26 Å². The molecule has 0 amide bonds. The van der Waals surface area contributed by atoms with Crippen molar-refractivity contribution in [3.63, 3.8) is 0 Å². The largest absolute Gasteiger partial charge is 0.461 e. The van der Waals surface area contributed by atoms with Gasteiger partial charge in [0.2, 0.25) is 0 Å². The average molecular weight is 304 g/mol. The fourth-order valence-corrected chi connectivity index (χ4v) is 2.76. The molecule has 23 heavy (non-hydrogen) atoms. The molecule has 0 aliphatic rings. The first-order valence-corrected chi connectivity index (χ1v) is 7.45. The minimum atomic E-state index is -0.393. The summed E-state index contributed by atoms with van der Waals surface area (Å²) in [4.78, 5) is 12.4. The zero-order valence-corrected chi connectivity index (χ0v) is 13.0. The number of hydrogen-bond donors (Lipinski definition) is 0. The molecule has 0 fully saturated rings. The summed E-state index contributed by atoms with van der Waals surface area (Å²) in [5.41, 5.74) is 3.58. The molecule has 4 heteroatoms. The van der Waals surface area contributed by atoms with E-state index in [0.717, 1.165) is 16.5 Å². The Morgan fingerprint density at radius 3 is 2.74 bits per heavy atom. The number of aromatic nitrogens is 1. The van der Waals surface area contributed by atoms with Gasteiger partial charge in [-0.15, -0.1) is 0 Å². The highest BCUT2D eigenvalue weighted by Gasteiger charge is 2.20. The Morgan fingerprint density at radius 2 is 2.00 bits per heavy atom. The Kier molecular flexibility index (Phi) is 3.86. The molecule has 0 N–H and O–H groups in total. The Balaban J connectivity index is 2.38. The molecule has 4 nitrogen and oxygen atoms in total. The summed E-state index contributed by atoms with van der Waals surface area (Å²) >= 11 is 0. The maximum atomic E-state index is 12.4. The molecular formula is C19H16N2O2. The molecular weight excluding hydrogens is 288 g/mol. The second-order valence-corrected chi connectivity index (χ2v) is 5.22. The van der Waals surface area contributed by atoms with E-state index in [1.54, 1.807) is 17.6 Å². The van der Waals surface area contributed by atoms with Crippen molar-refractivity contribution in [3.05, 3.63) is 65.4 Å². The summed E-state index contributed by atoms with van der Waals surface area (Å²) in [5.74, 6) is -0.393. The van der Waals surface area contributed by atoms with Gasteiger partial charge in [0.15, 0.2) is 0 Å². The zero-order valence-electron chi connectivity index (χ0n) is 13.0. The van der Waals surface area contributed by atoms with Gasteiger partial charge < -0.3 is 9.30 Å². The van der Waals surface area contributed by atoms with Gasteiger partial charge in [0.05, 0.1) is 23.4 Å². The first-order valence-electron chi connectivity index (χ1n) is 7.45. The fourth-order valence-electron chi connectivity index (χ4n) is 2.76. The van der Waals surface area contributed by atoms with E-state index in [4.69, 9.17) is 4.74 Å². The maximum absolute atomic E-state index is 12.4. The van der Waals surface area contributed by atoms with Gasteiger partial charge in [0.25, 0.3) is 0 Å². The van der Waals surface area contributed by atoms with Crippen molar-refractivity contribution >= 4 is 16.9 Å². The van der Waals surface area contributed by atoms with Crippen LogP contribution in [0.2, 0.25) is 0 Å². The average Bonchev–Trinajstić information content (AvgIpc) is 2.96. The number of carbonyl (C=O) groups excluding carboxylic acids is 1. The van der Waals surface area contributed by atoms with Crippen LogP contribution in [0.1, 0.15) is 28.5 Å². The minimum Gasteiger partial charge on any atom is -0.461 e. The number of esters is 1. The Hall–Kier alpha value is -3.06. The fraction of sp³-hybridized carbons (Fsp3) is 0.158. The van der Waals surface area contributed by atoms with Gasteiger partial charge in [0, 0.05) is 5.39 Å². The van der Waals surface area contributed by atoms with Crippen molar-refractivity contribution in [2.45, 2.75) is 13.8 Å². The van der Waals surface area contributed by atoms with Gasteiger partial charge in [-0.1, -0.05) is 24.3 Å². The molecule has 0 radical (unpaired) electrons.